The number of halogens is 1. The first-order valence-corrected chi connectivity index (χ1v) is 12.6. The van der Waals surface area contributed by atoms with Crippen molar-refractivity contribution in [2.45, 2.75) is 48.9 Å². The Balaban J connectivity index is 1.89. The Kier molecular flexibility index (Phi) is 6.42. The third kappa shape index (κ3) is 5.03. The molecular formula is C19H23ClN2O5S2. The number of hydrogen-bond donors (Lipinski definition) is 3. The third-order valence-electron chi connectivity index (χ3n) is 4.92. The molecule has 0 saturated heterocycles. The number of rotatable bonds is 6. The van der Waals surface area contributed by atoms with E-state index >= 15 is 0 Å². The maximum absolute atomic E-state index is 12.9. The van der Waals surface area contributed by atoms with Crippen molar-refractivity contribution in [3.05, 3.63) is 53.1 Å². The number of benzene rings is 2. The Bertz CT molecular complexity index is 1100. The topological polar surface area (TPSA) is 113 Å². The van der Waals surface area contributed by atoms with Crippen molar-refractivity contribution < 1.29 is 21.9 Å². The van der Waals surface area contributed by atoms with Gasteiger partial charge in [0.15, 0.2) is 0 Å². The van der Waals surface area contributed by atoms with Crippen LogP contribution in [0.15, 0.2) is 47.4 Å². The van der Waals surface area contributed by atoms with Gasteiger partial charge in [0.25, 0.3) is 10.0 Å². The van der Waals surface area contributed by atoms with Gasteiger partial charge in [0.2, 0.25) is 10.0 Å². The lowest BCUT2D eigenvalue weighted by atomic mass is 9.97. The van der Waals surface area contributed by atoms with Gasteiger partial charge < -0.3 is 5.11 Å². The number of aryl methyl sites for hydroxylation is 1. The fourth-order valence-electron chi connectivity index (χ4n) is 3.38. The number of sulfonamides is 2. The highest BCUT2D eigenvalue weighted by Gasteiger charge is 2.34. The lowest BCUT2D eigenvalue weighted by molar-refractivity contribution is 0.133. The van der Waals surface area contributed by atoms with Gasteiger partial charge in [-0.3, -0.25) is 9.44 Å². The Morgan fingerprint density at radius 3 is 2.38 bits per heavy atom. The molecule has 0 spiro atoms. The van der Waals surface area contributed by atoms with Gasteiger partial charge >= 0.3 is 0 Å². The van der Waals surface area contributed by atoms with Crippen LogP contribution in [0.1, 0.15) is 31.2 Å². The van der Waals surface area contributed by atoms with Gasteiger partial charge in [-0.15, -0.1) is 0 Å². The summed E-state index contributed by atoms with van der Waals surface area (Å²) in [5.74, 6) is 0. The van der Waals surface area contributed by atoms with Gasteiger partial charge in [0, 0.05) is 5.69 Å². The van der Waals surface area contributed by atoms with Crippen LogP contribution in [0.25, 0.3) is 0 Å². The first-order valence-electron chi connectivity index (χ1n) is 9.18. The highest BCUT2D eigenvalue weighted by Crippen LogP contribution is 2.29. The Morgan fingerprint density at radius 2 is 1.69 bits per heavy atom. The van der Waals surface area contributed by atoms with Crippen LogP contribution in [0.4, 0.5) is 11.4 Å². The molecule has 7 nitrogen and oxygen atoms in total. The number of aliphatic hydroxyl groups is 1. The zero-order chi connectivity index (χ0) is 21.2. The molecular weight excluding hydrogens is 436 g/mol. The van der Waals surface area contributed by atoms with Gasteiger partial charge in [-0.25, -0.2) is 16.8 Å². The molecule has 0 amide bonds. The summed E-state index contributed by atoms with van der Waals surface area (Å²) in [5, 5.41) is 9.39. The first-order chi connectivity index (χ1) is 13.6. The molecule has 3 rings (SSSR count). The lowest BCUT2D eigenvalue weighted by Crippen LogP contribution is -2.40. The number of anilines is 2. The summed E-state index contributed by atoms with van der Waals surface area (Å²) in [4.78, 5) is -0.0678. The average Bonchev–Trinajstić information content (AvgIpc) is 2.65. The molecule has 0 heterocycles. The highest BCUT2D eigenvalue weighted by molar-refractivity contribution is 7.93. The molecule has 10 heteroatoms. The van der Waals surface area contributed by atoms with Gasteiger partial charge in [0.05, 0.1) is 21.7 Å². The van der Waals surface area contributed by atoms with Crippen LogP contribution in [-0.2, 0) is 20.0 Å². The fourth-order valence-corrected chi connectivity index (χ4v) is 6.60. The van der Waals surface area contributed by atoms with E-state index in [0.29, 0.717) is 18.4 Å². The van der Waals surface area contributed by atoms with Gasteiger partial charge in [0.1, 0.15) is 5.25 Å². The van der Waals surface area contributed by atoms with Gasteiger partial charge in [-0.05, 0) is 49.6 Å². The van der Waals surface area contributed by atoms with Crippen LogP contribution in [0.2, 0.25) is 5.02 Å². The van der Waals surface area contributed by atoms with E-state index in [1.165, 1.54) is 24.3 Å². The number of para-hydroxylation sites is 1. The van der Waals surface area contributed by atoms with E-state index < -0.39 is 31.4 Å². The predicted octanol–water partition coefficient (Wildman–Crippen LogP) is 3.49. The molecule has 0 aliphatic heterocycles. The molecule has 158 valence electrons. The van der Waals surface area contributed by atoms with Crippen molar-refractivity contribution in [2.75, 3.05) is 9.44 Å². The molecule has 29 heavy (non-hydrogen) atoms. The zero-order valence-electron chi connectivity index (χ0n) is 15.8. The summed E-state index contributed by atoms with van der Waals surface area (Å²) < 4.78 is 56.0. The van der Waals surface area contributed by atoms with Crippen molar-refractivity contribution in [3.63, 3.8) is 0 Å². The second-order valence-corrected chi connectivity index (χ2v) is 11.1. The first kappa shape index (κ1) is 21.9. The van der Waals surface area contributed by atoms with Crippen LogP contribution < -0.4 is 9.44 Å². The SMILES string of the molecule is Cc1ccc(NS(=O)(=O)[C@@H]2CCCC[C@H]2O)cc1S(=O)(=O)Nc1ccccc1Cl. The second-order valence-electron chi connectivity index (χ2n) is 7.10. The van der Waals surface area contributed by atoms with Crippen molar-refractivity contribution in [3.8, 4) is 0 Å². The van der Waals surface area contributed by atoms with Crippen LogP contribution >= 0.6 is 11.6 Å². The molecule has 3 N–H and O–H groups in total. The molecule has 1 fully saturated rings. The minimum Gasteiger partial charge on any atom is -0.392 e. The van der Waals surface area contributed by atoms with Gasteiger partial charge in [-0.1, -0.05) is 42.6 Å². The fraction of sp³-hybridized carbons (Fsp3) is 0.368. The summed E-state index contributed by atoms with van der Waals surface area (Å²) in [6.45, 7) is 1.62. The van der Waals surface area contributed by atoms with E-state index in [1.807, 2.05) is 0 Å². The number of nitrogens with one attached hydrogen (secondary N) is 2. The summed E-state index contributed by atoms with van der Waals surface area (Å²) in [5.41, 5.74) is 0.794. The molecule has 0 bridgehead atoms. The number of hydrogen-bond acceptors (Lipinski definition) is 5. The third-order valence-corrected chi connectivity index (χ3v) is 8.63. The van der Waals surface area contributed by atoms with E-state index in [-0.39, 0.29) is 21.3 Å². The molecule has 0 aromatic heterocycles. The molecule has 0 unspecified atom stereocenters. The molecule has 2 aromatic carbocycles. The van der Waals surface area contributed by atoms with Gasteiger partial charge in [-0.2, -0.15) is 0 Å². The van der Waals surface area contributed by atoms with E-state index in [2.05, 4.69) is 9.44 Å². The predicted molar refractivity (Wildman–Crippen MR) is 114 cm³/mol. The van der Waals surface area contributed by atoms with E-state index in [1.54, 1.807) is 25.1 Å². The smallest absolute Gasteiger partial charge is 0.262 e. The van der Waals surface area contributed by atoms with E-state index in [0.717, 1.165) is 12.8 Å². The molecule has 1 aliphatic carbocycles. The van der Waals surface area contributed by atoms with Crippen molar-refractivity contribution in [2.24, 2.45) is 0 Å². The van der Waals surface area contributed by atoms with Crippen molar-refractivity contribution in [1.82, 2.24) is 0 Å². The summed E-state index contributed by atoms with van der Waals surface area (Å²) in [6.07, 6.45) is 1.37. The summed E-state index contributed by atoms with van der Waals surface area (Å²) >= 11 is 6.03. The maximum atomic E-state index is 12.9. The number of aliphatic hydroxyl groups excluding tert-OH is 1. The highest BCUT2D eigenvalue weighted by atomic mass is 35.5. The van der Waals surface area contributed by atoms with Crippen LogP contribution in [-0.4, -0.2) is 33.3 Å². The minimum absolute atomic E-state index is 0.0678. The summed E-state index contributed by atoms with van der Waals surface area (Å²) in [7, 11) is -7.86. The molecule has 2 atom stereocenters. The van der Waals surface area contributed by atoms with Crippen LogP contribution in [0.5, 0.6) is 0 Å². The zero-order valence-corrected chi connectivity index (χ0v) is 18.2. The monoisotopic (exact) mass is 458 g/mol. The Morgan fingerprint density at radius 1 is 1.00 bits per heavy atom. The van der Waals surface area contributed by atoms with E-state index in [4.69, 9.17) is 11.6 Å². The Labute approximate surface area is 176 Å². The molecule has 1 aliphatic rings. The lowest BCUT2D eigenvalue weighted by Gasteiger charge is -2.27. The molecule has 1 saturated carbocycles. The minimum atomic E-state index is -4.00. The normalized spacial score (nSPS) is 20.2. The Hall–Kier alpha value is -1.81. The quantitative estimate of drug-likeness (QED) is 0.613. The average molecular weight is 459 g/mol. The van der Waals surface area contributed by atoms with Crippen LogP contribution in [0.3, 0.4) is 0 Å². The maximum Gasteiger partial charge on any atom is 0.262 e. The largest absolute Gasteiger partial charge is 0.392 e. The molecule has 0 radical (unpaired) electrons. The standard InChI is InChI=1S/C19H23ClN2O5S2/c1-13-10-11-14(21-28(24,25)18-9-5-4-8-17(18)23)12-19(13)29(26,27)22-16-7-3-2-6-15(16)20/h2-3,6-7,10-12,17-18,21-23H,4-5,8-9H2,1H3/t17-,18-/m1/s1. The van der Waals surface area contributed by atoms with Crippen LogP contribution in [0, 0.1) is 6.92 Å². The van der Waals surface area contributed by atoms with E-state index in [9.17, 15) is 21.9 Å². The van der Waals surface area contributed by atoms with Crippen molar-refractivity contribution >= 4 is 43.0 Å². The second kappa shape index (κ2) is 8.51. The summed E-state index contributed by atoms with van der Waals surface area (Å²) in [6, 6.07) is 10.7. The molecule has 2 aromatic rings. The van der Waals surface area contributed by atoms with Crippen molar-refractivity contribution in [1.29, 1.82) is 0 Å².